The quantitative estimate of drug-likeness (QED) is 0.261. The van der Waals surface area contributed by atoms with Crippen LogP contribution in [0.3, 0.4) is 0 Å². The molecular formula is C25H25ClN6O2S. The largest absolute Gasteiger partial charge is 0.497 e. The second-order valence-corrected chi connectivity index (χ2v) is 9.23. The normalized spacial score (nSPS) is 10.9. The Morgan fingerprint density at radius 3 is 2.54 bits per heavy atom. The van der Waals surface area contributed by atoms with E-state index in [1.54, 1.807) is 23.9 Å². The topological polar surface area (TPSA) is 94.8 Å². The summed E-state index contributed by atoms with van der Waals surface area (Å²) in [6.45, 7) is 4.31. The Morgan fingerprint density at radius 1 is 1.09 bits per heavy atom. The van der Waals surface area contributed by atoms with Gasteiger partial charge in [-0.2, -0.15) is 0 Å². The molecule has 0 unspecified atom stereocenters. The number of hydrogen-bond acceptors (Lipinski definition) is 7. The van der Waals surface area contributed by atoms with E-state index in [0.717, 1.165) is 28.4 Å². The third-order valence-corrected chi connectivity index (χ3v) is 6.29. The van der Waals surface area contributed by atoms with E-state index in [1.165, 1.54) is 11.8 Å². The summed E-state index contributed by atoms with van der Waals surface area (Å²) in [4.78, 5) is 22.1. The first-order chi connectivity index (χ1) is 16.9. The first-order valence-corrected chi connectivity index (χ1v) is 12.4. The fourth-order valence-corrected chi connectivity index (χ4v) is 4.59. The molecule has 0 aliphatic rings. The van der Waals surface area contributed by atoms with Crippen LogP contribution >= 0.6 is 23.4 Å². The molecule has 0 spiro atoms. The summed E-state index contributed by atoms with van der Waals surface area (Å²) >= 11 is 7.49. The molecule has 0 aliphatic heterocycles. The van der Waals surface area contributed by atoms with Crippen LogP contribution in [0.15, 0.2) is 59.8 Å². The highest BCUT2D eigenvalue weighted by molar-refractivity contribution is 7.98. The number of ether oxygens (including phenoxy) is 1. The minimum atomic E-state index is -0.287. The molecule has 2 aromatic heterocycles. The van der Waals surface area contributed by atoms with E-state index >= 15 is 0 Å². The molecular weight excluding hydrogens is 484 g/mol. The molecule has 180 valence electrons. The summed E-state index contributed by atoms with van der Waals surface area (Å²) < 4.78 is 6.92. The lowest BCUT2D eigenvalue weighted by Crippen LogP contribution is -2.27. The number of nitrogens with zero attached hydrogens (tertiary/aromatic N) is 5. The van der Waals surface area contributed by atoms with Gasteiger partial charge in [-0.05, 0) is 68.3 Å². The number of aryl methyl sites for hydroxylation is 2. The molecule has 1 amide bonds. The van der Waals surface area contributed by atoms with Crippen LogP contribution in [-0.2, 0) is 12.2 Å². The predicted molar refractivity (Wildman–Crippen MR) is 136 cm³/mol. The Labute approximate surface area is 213 Å². The van der Waals surface area contributed by atoms with Crippen LogP contribution in [0.5, 0.6) is 5.75 Å². The van der Waals surface area contributed by atoms with E-state index in [1.807, 2.05) is 56.3 Å². The number of benzene rings is 2. The van der Waals surface area contributed by atoms with Crippen molar-refractivity contribution in [1.82, 2.24) is 30.3 Å². The van der Waals surface area contributed by atoms with Gasteiger partial charge in [-0.3, -0.25) is 4.79 Å². The van der Waals surface area contributed by atoms with Gasteiger partial charge in [-0.15, -0.1) is 5.10 Å². The second kappa shape index (κ2) is 11.3. The summed E-state index contributed by atoms with van der Waals surface area (Å²) in [5.41, 5.74) is 4.52. The van der Waals surface area contributed by atoms with Crippen LogP contribution < -0.4 is 10.1 Å². The molecule has 10 heteroatoms. The summed E-state index contributed by atoms with van der Waals surface area (Å²) in [5, 5.41) is 12.7. The minimum Gasteiger partial charge on any atom is -0.497 e. The Hall–Kier alpha value is -3.43. The zero-order chi connectivity index (χ0) is 24.8. The highest BCUT2D eigenvalue weighted by Gasteiger charge is 2.21. The standard InChI is InChI=1S/C25H25ClN6O2S/c1-16-13-17(2)29-25(28-16)35-15-22-23(30-31-32(22)20-9-7-19(26)8-10-20)24(33)27-12-11-18-5-4-6-21(14-18)34-3/h4-10,13-14H,11-12,15H2,1-3H3,(H,27,33). The molecule has 0 fully saturated rings. The Bertz CT molecular complexity index is 1310. The van der Waals surface area contributed by atoms with Crippen molar-refractivity contribution in [3.63, 3.8) is 0 Å². The molecule has 0 radical (unpaired) electrons. The van der Waals surface area contributed by atoms with Gasteiger partial charge in [-0.1, -0.05) is 40.7 Å². The molecule has 0 atom stereocenters. The van der Waals surface area contributed by atoms with Crippen LogP contribution in [0.4, 0.5) is 0 Å². The van der Waals surface area contributed by atoms with Crippen molar-refractivity contribution in [3.8, 4) is 11.4 Å². The van der Waals surface area contributed by atoms with Gasteiger partial charge in [0, 0.05) is 28.7 Å². The number of methoxy groups -OCH3 is 1. The van der Waals surface area contributed by atoms with Gasteiger partial charge in [0.1, 0.15) is 5.75 Å². The second-order valence-electron chi connectivity index (χ2n) is 7.85. The van der Waals surface area contributed by atoms with Crippen molar-refractivity contribution in [1.29, 1.82) is 0 Å². The Balaban J connectivity index is 1.54. The average molecular weight is 509 g/mol. The molecule has 8 nitrogen and oxygen atoms in total. The molecule has 35 heavy (non-hydrogen) atoms. The zero-order valence-electron chi connectivity index (χ0n) is 19.7. The lowest BCUT2D eigenvalue weighted by atomic mass is 10.1. The summed E-state index contributed by atoms with van der Waals surface area (Å²) in [5.74, 6) is 0.912. The number of hydrogen-bond donors (Lipinski definition) is 1. The number of nitrogens with one attached hydrogen (secondary N) is 1. The third-order valence-electron chi connectivity index (χ3n) is 5.18. The molecule has 4 rings (SSSR count). The van der Waals surface area contributed by atoms with Crippen molar-refractivity contribution in [2.75, 3.05) is 13.7 Å². The predicted octanol–water partition coefficient (Wildman–Crippen LogP) is 4.60. The van der Waals surface area contributed by atoms with E-state index in [0.29, 0.717) is 34.6 Å². The molecule has 0 bridgehead atoms. The number of amides is 1. The molecule has 0 saturated heterocycles. The van der Waals surface area contributed by atoms with E-state index in [2.05, 4.69) is 25.6 Å². The summed E-state index contributed by atoms with van der Waals surface area (Å²) in [6.07, 6.45) is 0.661. The van der Waals surface area contributed by atoms with E-state index < -0.39 is 0 Å². The number of carbonyl (C=O) groups is 1. The van der Waals surface area contributed by atoms with Gasteiger partial charge < -0.3 is 10.1 Å². The number of rotatable bonds is 9. The van der Waals surface area contributed by atoms with Crippen LogP contribution in [-0.4, -0.2) is 44.5 Å². The molecule has 1 N–H and O–H groups in total. The van der Waals surface area contributed by atoms with Crippen molar-refractivity contribution < 1.29 is 9.53 Å². The van der Waals surface area contributed by atoms with E-state index in [-0.39, 0.29) is 11.6 Å². The van der Waals surface area contributed by atoms with Crippen LogP contribution in [0.2, 0.25) is 5.02 Å². The maximum absolute atomic E-state index is 13.1. The van der Waals surface area contributed by atoms with Gasteiger partial charge in [-0.25, -0.2) is 14.6 Å². The highest BCUT2D eigenvalue weighted by atomic mass is 35.5. The van der Waals surface area contributed by atoms with E-state index in [4.69, 9.17) is 16.3 Å². The van der Waals surface area contributed by atoms with Gasteiger partial charge in [0.25, 0.3) is 5.91 Å². The lowest BCUT2D eigenvalue weighted by molar-refractivity contribution is 0.0948. The van der Waals surface area contributed by atoms with Crippen molar-refractivity contribution in [2.45, 2.75) is 31.2 Å². The van der Waals surface area contributed by atoms with E-state index in [9.17, 15) is 4.79 Å². The zero-order valence-corrected chi connectivity index (χ0v) is 21.2. The summed E-state index contributed by atoms with van der Waals surface area (Å²) in [6, 6.07) is 16.9. The molecule has 0 aliphatic carbocycles. The number of carbonyl (C=O) groups excluding carboxylic acids is 1. The Kier molecular flexibility index (Phi) is 7.99. The highest BCUT2D eigenvalue weighted by Crippen LogP contribution is 2.24. The van der Waals surface area contributed by atoms with Gasteiger partial charge in [0.15, 0.2) is 10.9 Å². The summed E-state index contributed by atoms with van der Waals surface area (Å²) in [7, 11) is 1.63. The van der Waals surface area contributed by atoms with Crippen molar-refractivity contribution in [3.05, 3.63) is 88.0 Å². The van der Waals surface area contributed by atoms with Gasteiger partial charge >= 0.3 is 0 Å². The minimum absolute atomic E-state index is 0.266. The Morgan fingerprint density at radius 2 is 1.83 bits per heavy atom. The lowest BCUT2D eigenvalue weighted by Gasteiger charge is -2.09. The molecule has 0 saturated carbocycles. The first kappa shape index (κ1) is 24.7. The third kappa shape index (κ3) is 6.37. The van der Waals surface area contributed by atoms with Crippen molar-refractivity contribution in [2.24, 2.45) is 0 Å². The maximum atomic E-state index is 13.1. The molecule has 2 heterocycles. The smallest absolute Gasteiger partial charge is 0.273 e. The maximum Gasteiger partial charge on any atom is 0.273 e. The fourth-order valence-electron chi connectivity index (χ4n) is 3.52. The van der Waals surface area contributed by atoms with Crippen LogP contribution in [0.25, 0.3) is 5.69 Å². The fraction of sp³-hybridized carbons (Fsp3) is 0.240. The number of thioether (sulfide) groups is 1. The average Bonchev–Trinajstić information content (AvgIpc) is 3.27. The van der Waals surface area contributed by atoms with Gasteiger partial charge in [0.05, 0.1) is 18.5 Å². The number of halogens is 1. The number of aromatic nitrogens is 5. The first-order valence-electron chi connectivity index (χ1n) is 11.0. The molecule has 2 aromatic carbocycles. The SMILES string of the molecule is COc1cccc(CCNC(=O)c2nnn(-c3ccc(Cl)cc3)c2CSc2nc(C)cc(C)n2)c1. The van der Waals surface area contributed by atoms with Crippen LogP contribution in [0.1, 0.15) is 33.1 Å². The molecule has 4 aromatic rings. The van der Waals surface area contributed by atoms with Crippen molar-refractivity contribution >= 4 is 29.3 Å². The van der Waals surface area contributed by atoms with Gasteiger partial charge in [0.2, 0.25) is 0 Å². The monoisotopic (exact) mass is 508 g/mol. The van der Waals surface area contributed by atoms with Crippen LogP contribution in [0, 0.1) is 13.8 Å².